The number of carbonyl (C=O) groups excluding carboxylic acids is 1. The van der Waals surface area contributed by atoms with Gasteiger partial charge in [0.25, 0.3) is 0 Å². The number of anilines is 1. The Balaban J connectivity index is 1.59. The number of amides is 1. The molecule has 2 N–H and O–H groups in total. The molecule has 1 heterocycles. The first kappa shape index (κ1) is 16.0. The fourth-order valence-corrected chi connectivity index (χ4v) is 3.73. The third-order valence-corrected chi connectivity index (χ3v) is 5.23. The molecule has 4 rings (SSSR count). The van der Waals surface area contributed by atoms with E-state index in [9.17, 15) is 4.79 Å². The molecule has 1 unspecified atom stereocenters. The van der Waals surface area contributed by atoms with Crippen LogP contribution in [0.25, 0.3) is 10.9 Å². The average molecular weight is 355 g/mol. The lowest BCUT2D eigenvalue weighted by Crippen LogP contribution is -2.28. The third-order valence-electron chi connectivity index (χ3n) is 4.90. The van der Waals surface area contributed by atoms with Gasteiger partial charge in [-0.15, -0.1) is 0 Å². The maximum Gasteiger partial charge on any atom is 0.227 e. The Hall–Kier alpha value is -2.46. The summed E-state index contributed by atoms with van der Waals surface area (Å²) in [6, 6.07) is 13.3. The topological polar surface area (TPSA) is 54.1 Å². The number of nitrogens with one attached hydrogen (secondary N) is 2. The first-order valence-corrected chi connectivity index (χ1v) is 8.76. The van der Waals surface area contributed by atoms with E-state index < -0.39 is 0 Å². The van der Waals surface area contributed by atoms with Gasteiger partial charge in [0.2, 0.25) is 5.91 Å². The Morgan fingerprint density at radius 1 is 1.28 bits per heavy atom. The lowest BCUT2D eigenvalue weighted by molar-refractivity contribution is -0.120. The molecule has 1 atom stereocenters. The summed E-state index contributed by atoms with van der Waals surface area (Å²) < 4.78 is 5.34. The first-order valence-electron chi connectivity index (χ1n) is 8.38. The number of ether oxygens (including phenoxy) is 1. The van der Waals surface area contributed by atoms with Crippen molar-refractivity contribution in [3.63, 3.8) is 0 Å². The summed E-state index contributed by atoms with van der Waals surface area (Å²) in [7, 11) is 1.67. The monoisotopic (exact) mass is 354 g/mol. The van der Waals surface area contributed by atoms with Crippen molar-refractivity contribution in [2.45, 2.75) is 19.3 Å². The second kappa shape index (κ2) is 6.45. The van der Waals surface area contributed by atoms with Gasteiger partial charge in [0.05, 0.1) is 17.8 Å². The van der Waals surface area contributed by atoms with Crippen LogP contribution in [0.15, 0.2) is 42.5 Å². The highest BCUT2D eigenvalue weighted by molar-refractivity contribution is 6.33. The Bertz CT molecular complexity index is 948. The van der Waals surface area contributed by atoms with Crippen LogP contribution in [-0.2, 0) is 17.6 Å². The van der Waals surface area contributed by atoms with Crippen LogP contribution in [0.3, 0.4) is 0 Å². The van der Waals surface area contributed by atoms with E-state index in [0.717, 1.165) is 35.9 Å². The molecule has 0 spiro atoms. The predicted octanol–water partition coefficient (Wildman–Crippen LogP) is 4.57. The molecular weight excluding hydrogens is 336 g/mol. The summed E-state index contributed by atoms with van der Waals surface area (Å²) >= 11 is 6.15. The number of carbonyl (C=O) groups is 1. The van der Waals surface area contributed by atoms with E-state index in [1.807, 2.05) is 36.4 Å². The van der Waals surface area contributed by atoms with Crippen molar-refractivity contribution in [1.29, 1.82) is 0 Å². The quantitative estimate of drug-likeness (QED) is 0.723. The van der Waals surface area contributed by atoms with Gasteiger partial charge in [0.15, 0.2) is 0 Å². The highest BCUT2D eigenvalue weighted by Gasteiger charge is 2.27. The van der Waals surface area contributed by atoms with E-state index in [2.05, 4.69) is 10.3 Å². The maximum absolute atomic E-state index is 12.7. The molecule has 0 aliphatic heterocycles. The van der Waals surface area contributed by atoms with E-state index in [0.29, 0.717) is 10.7 Å². The molecule has 1 aliphatic carbocycles. The van der Waals surface area contributed by atoms with Gasteiger partial charge in [0.1, 0.15) is 5.75 Å². The van der Waals surface area contributed by atoms with E-state index in [-0.39, 0.29) is 11.8 Å². The second-order valence-electron chi connectivity index (χ2n) is 6.40. The highest BCUT2D eigenvalue weighted by Crippen LogP contribution is 2.34. The number of para-hydroxylation sites is 1. The summed E-state index contributed by atoms with van der Waals surface area (Å²) in [6.07, 6.45) is 2.42. The zero-order chi connectivity index (χ0) is 17.4. The molecule has 25 heavy (non-hydrogen) atoms. The number of benzene rings is 2. The molecule has 0 saturated carbocycles. The normalized spacial score (nSPS) is 16.5. The predicted molar refractivity (Wildman–Crippen MR) is 100 cm³/mol. The minimum Gasteiger partial charge on any atom is -0.497 e. The summed E-state index contributed by atoms with van der Waals surface area (Å²) in [4.78, 5) is 16.2. The van der Waals surface area contributed by atoms with Gasteiger partial charge in [0, 0.05) is 22.5 Å². The van der Waals surface area contributed by atoms with E-state index >= 15 is 0 Å². The molecule has 3 aromatic rings. The van der Waals surface area contributed by atoms with Gasteiger partial charge < -0.3 is 15.0 Å². The van der Waals surface area contributed by atoms with Crippen molar-refractivity contribution in [3.8, 4) is 5.75 Å². The van der Waals surface area contributed by atoms with Crippen molar-refractivity contribution in [3.05, 3.63) is 58.7 Å². The van der Waals surface area contributed by atoms with Crippen molar-refractivity contribution in [1.82, 2.24) is 4.98 Å². The van der Waals surface area contributed by atoms with Crippen molar-refractivity contribution < 1.29 is 9.53 Å². The van der Waals surface area contributed by atoms with Crippen LogP contribution in [0.1, 0.15) is 17.7 Å². The summed E-state index contributed by atoms with van der Waals surface area (Å²) in [5.41, 5.74) is 4.21. The number of halogens is 1. The molecule has 4 nitrogen and oxygen atoms in total. The highest BCUT2D eigenvalue weighted by atomic mass is 35.5. The number of hydrogen-bond acceptors (Lipinski definition) is 2. The van der Waals surface area contributed by atoms with Crippen LogP contribution in [0.2, 0.25) is 5.02 Å². The Kier molecular flexibility index (Phi) is 4.14. The van der Waals surface area contributed by atoms with Crippen molar-refractivity contribution in [2.75, 3.05) is 12.4 Å². The van der Waals surface area contributed by atoms with Crippen LogP contribution in [-0.4, -0.2) is 18.0 Å². The minimum absolute atomic E-state index is 0.0241. The lowest BCUT2D eigenvalue weighted by Gasteiger charge is -2.22. The smallest absolute Gasteiger partial charge is 0.227 e. The van der Waals surface area contributed by atoms with Gasteiger partial charge in [-0.3, -0.25) is 4.79 Å². The minimum atomic E-state index is -0.0611. The van der Waals surface area contributed by atoms with Crippen molar-refractivity contribution >= 4 is 34.1 Å². The summed E-state index contributed by atoms with van der Waals surface area (Å²) in [5, 5.41) is 4.67. The zero-order valence-corrected chi connectivity index (χ0v) is 14.7. The van der Waals surface area contributed by atoms with Crippen LogP contribution in [0, 0.1) is 5.92 Å². The van der Waals surface area contributed by atoms with Gasteiger partial charge in [-0.2, -0.15) is 0 Å². The first-order chi connectivity index (χ1) is 12.2. The number of rotatable bonds is 3. The molecule has 5 heteroatoms. The van der Waals surface area contributed by atoms with E-state index in [4.69, 9.17) is 16.3 Å². The Morgan fingerprint density at radius 2 is 2.12 bits per heavy atom. The second-order valence-corrected chi connectivity index (χ2v) is 6.81. The molecule has 0 saturated heterocycles. The number of hydrogen-bond donors (Lipinski definition) is 2. The number of fused-ring (bicyclic) bond motifs is 3. The molecule has 1 aliphatic rings. The van der Waals surface area contributed by atoms with Gasteiger partial charge >= 0.3 is 0 Å². The zero-order valence-electron chi connectivity index (χ0n) is 13.9. The molecular formula is C20H19ClN2O2. The fraction of sp³-hybridized carbons (Fsp3) is 0.250. The average Bonchev–Trinajstić information content (AvgIpc) is 3.00. The number of methoxy groups -OCH3 is 1. The molecule has 0 fully saturated rings. The van der Waals surface area contributed by atoms with Gasteiger partial charge in [-0.25, -0.2) is 0 Å². The largest absolute Gasteiger partial charge is 0.497 e. The number of aromatic nitrogens is 1. The number of H-pyrrole nitrogens is 1. The van der Waals surface area contributed by atoms with Crippen LogP contribution in [0.4, 0.5) is 5.69 Å². The third kappa shape index (κ3) is 2.98. The van der Waals surface area contributed by atoms with Gasteiger partial charge in [-0.1, -0.05) is 23.7 Å². The van der Waals surface area contributed by atoms with E-state index in [1.165, 1.54) is 11.3 Å². The molecule has 0 radical (unpaired) electrons. The summed E-state index contributed by atoms with van der Waals surface area (Å²) in [6.45, 7) is 0. The van der Waals surface area contributed by atoms with Crippen LogP contribution >= 0.6 is 11.6 Å². The van der Waals surface area contributed by atoms with E-state index in [1.54, 1.807) is 13.2 Å². The molecule has 2 aromatic carbocycles. The molecule has 1 amide bonds. The Morgan fingerprint density at radius 3 is 2.92 bits per heavy atom. The Labute approximate surface area is 151 Å². The molecule has 128 valence electrons. The molecule has 0 bridgehead atoms. The number of aryl methyl sites for hydroxylation is 1. The fourth-order valence-electron chi connectivity index (χ4n) is 3.54. The van der Waals surface area contributed by atoms with Crippen LogP contribution in [0.5, 0.6) is 5.75 Å². The SMILES string of the molecule is COc1ccc2[nH]c3c(c2c1)CC(C(=O)Nc1ccccc1Cl)CC3. The number of aromatic amines is 1. The summed E-state index contributed by atoms with van der Waals surface area (Å²) in [5.74, 6) is 0.793. The van der Waals surface area contributed by atoms with Crippen molar-refractivity contribution in [2.24, 2.45) is 5.92 Å². The van der Waals surface area contributed by atoms with Gasteiger partial charge in [-0.05, 0) is 55.2 Å². The maximum atomic E-state index is 12.7. The lowest BCUT2D eigenvalue weighted by atomic mass is 9.85. The van der Waals surface area contributed by atoms with Crippen LogP contribution < -0.4 is 10.1 Å². The molecule has 1 aromatic heterocycles. The standard InChI is InChI=1S/C20H19ClN2O2/c1-25-13-7-9-18-15(11-13)14-10-12(6-8-17(14)22-18)20(24)23-19-5-3-2-4-16(19)21/h2-5,7,9,11-12,22H,6,8,10H2,1H3,(H,23,24).